The number of amides is 1. The Balaban J connectivity index is 0. The summed E-state index contributed by atoms with van der Waals surface area (Å²) in [5, 5.41) is 2.43. The summed E-state index contributed by atoms with van der Waals surface area (Å²) in [6.45, 7) is 5.48. The molecule has 0 aromatic heterocycles. The summed E-state index contributed by atoms with van der Waals surface area (Å²) in [6, 6.07) is 0. The van der Waals surface area contributed by atoms with E-state index in [1.165, 1.54) is 6.92 Å². The van der Waals surface area contributed by atoms with Crippen LogP contribution < -0.4 is 5.32 Å². The predicted molar refractivity (Wildman–Crippen MR) is 45.3 cm³/mol. The Morgan fingerprint density at radius 3 is 1.91 bits per heavy atom. The van der Waals surface area contributed by atoms with Crippen molar-refractivity contribution in [3.8, 4) is 0 Å². The molecular weight excluding hydrogens is 142 g/mol. The van der Waals surface area contributed by atoms with Gasteiger partial charge in [-0.25, -0.2) is 0 Å². The minimum Gasteiger partial charge on any atom is -0.359 e. The molecule has 66 valence electrons. The second kappa shape index (κ2) is 9.14. The van der Waals surface area contributed by atoms with Crippen LogP contribution in [0.15, 0.2) is 0 Å². The van der Waals surface area contributed by atoms with Crippen molar-refractivity contribution in [2.75, 3.05) is 7.05 Å². The van der Waals surface area contributed by atoms with Crippen molar-refractivity contribution in [1.29, 1.82) is 0 Å². The number of Topliss-reactive ketones (excluding diaryl/α,β-unsaturated/α-hetero) is 1. The lowest BCUT2D eigenvalue weighted by Gasteiger charge is -1.93. The SMILES string of the molecule is CC.CNC(=O)CCC(C)=O. The smallest absolute Gasteiger partial charge is 0.220 e. The Morgan fingerprint density at radius 2 is 1.64 bits per heavy atom. The Labute approximate surface area is 68.2 Å². The number of ketones is 1. The number of hydrogen-bond donors (Lipinski definition) is 1. The third-order valence-electron chi connectivity index (χ3n) is 0.983. The van der Waals surface area contributed by atoms with Gasteiger partial charge in [0.15, 0.2) is 0 Å². The van der Waals surface area contributed by atoms with Crippen LogP contribution in [0.25, 0.3) is 0 Å². The second-order valence-corrected chi connectivity index (χ2v) is 1.88. The van der Waals surface area contributed by atoms with Gasteiger partial charge >= 0.3 is 0 Å². The first-order valence-electron chi connectivity index (χ1n) is 3.87. The maximum Gasteiger partial charge on any atom is 0.220 e. The van der Waals surface area contributed by atoms with Crippen LogP contribution in [0.4, 0.5) is 0 Å². The quantitative estimate of drug-likeness (QED) is 0.671. The fraction of sp³-hybridized carbons (Fsp3) is 0.750. The van der Waals surface area contributed by atoms with E-state index < -0.39 is 0 Å². The number of hydrogen-bond acceptors (Lipinski definition) is 2. The molecule has 0 aliphatic rings. The third kappa shape index (κ3) is 12.4. The molecule has 0 fully saturated rings. The first-order valence-corrected chi connectivity index (χ1v) is 3.87. The second-order valence-electron chi connectivity index (χ2n) is 1.88. The molecule has 0 aliphatic carbocycles. The molecule has 1 N–H and O–H groups in total. The summed E-state index contributed by atoms with van der Waals surface area (Å²) in [5.41, 5.74) is 0. The van der Waals surface area contributed by atoms with Crippen LogP contribution in [0.1, 0.15) is 33.6 Å². The summed E-state index contributed by atoms with van der Waals surface area (Å²) in [7, 11) is 1.56. The predicted octanol–water partition coefficient (Wildman–Crippen LogP) is 1.13. The molecule has 0 saturated heterocycles. The van der Waals surface area contributed by atoms with Crippen molar-refractivity contribution in [3.63, 3.8) is 0 Å². The zero-order valence-corrected chi connectivity index (χ0v) is 7.73. The maximum atomic E-state index is 10.5. The molecule has 0 atom stereocenters. The molecule has 0 aliphatic heterocycles. The van der Waals surface area contributed by atoms with Gasteiger partial charge < -0.3 is 10.1 Å². The lowest BCUT2D eigenvalue weighted by atomic mass is 10.2. The molecule has 0 unspecified atom stereocenters. The number of carbonyl (C=O) groups is 2. The zero-order chi connectivity index (χ0) is 9.28. The first kappa shape index (κ1) is 12.8. The molecule has 0 saturated carbocycles. The summed E-state index contributed by atoms with van der Waals surface area (Å²) in [5.74, 6) is -0.0243. The van der Waals surface area contributed by atoms with Crippen LogP contribution >= 0.6 is 0 Å². The van der Waals surface area contributed by atoms with Gasteiger partial charge in [0, 0.05) is 19.9 Å². The van der Waals surface area contributed by atoms with Gasteiger partial charge in [0.1, 0.15) is 5.78 Å². The molecule has 1 amide bonds. The lowest BCUT2D eigenvalue weighted by Crippen LogP contribution is -2.17. The zero-order valence-electron chi connectivity index (χ0n) is 7.73. The highest BCUT2D eigenvalue weighted by molar-refractivity contribution is 5.83. The topological polar surface area (TPSA) is 46.2 Å². The van der Waals surface area contributed by atoms with Crippen LogP contribution in [0.3, 0.4) is 0 Å². The molecule has 0 aromatic carbocycles. The average molecular weight is 159 g/mol. The van der Waals surface area contributed by atoms with E-state index in [2.05, 4.69) is 5.32 Å². The monoisotopic (exact) mass is 159 g/mol. The fourth-order valence-corrected chi connectivity index (χ4v) is 0.415. The summed E-state index contributed by atoms with van der Waals surface area (Å²) >= 11 is 0. The van der Waals surface area contributed by atoms with Gasteiger partial charge in [-0.2, -0.15) is 0 Å². The van der Waals surface area contributed by atoms with Gasteiger partial charge in [0.2, 0.25) is 5.91 Å². The fourth-order valence-electron chi connectivity index (χ4n) is 0.415. The Bertz CT molecular complexity index is 121. The number of rotatable bonds is 3. The maximum absolute atomic E-state index is 10.5. The Kier molecular flexibility index (Phi) is 10.6. The summed E-state index contributed by atoms with van der Waals surface area (Å²) < 4.78 is 0. The van der Waals surface area contributed by atoms with E-state index in [0.29, 0.717) is 12.8 Å². The minimum atomic E-state index is -0.0785. The van der Waals surface area contributed by atoms with Gasteiger partial charge in [-0.15, -0.1) is 0 Å². The van der Waals surface area contributed by atoms with E-state index >= 15 is 0 Å². The summed E-state index contributed by atoms with van der Waals surface area (Å²) in [6.07, 6.45) is 0.658. The van der Waals surface area contributed by atoms with Gasteiger partial charge in [-0.05, 0) is 6.92 Å². The van der Waals surface area contributed by atoms with E-state index in [0.717, 1.165) is 0 Å². The molecule has 0 radical (unpaired) electrons. The molecule has 0 heterocycles. The normalized spacial score (nSPS) is 7.64. The Hall–Kier alpha value is -0.860. The van der Waals surface area contributed by atoms with Gasteiger partial charge in [-0.1, -0.05) is 13.8 Å². The minimum absolute atomic E-state index is 0.0543. The number of nitrogens with one attached hydrogen (secondary N) is 1. The highest BCUT2D eigenvalue weighted by Gasteiger charge is 1.98. The molecule has 0 spiro atoms. The average Bonchev–Trinajstić information content (AvgIpc) is 2.04. The standard InChI is InChI=1S/C6H11NO2.C2H6/c1-5(8)3-4-6(9)7-2;1-2/h3-4H2,1-2H3,(H,7,9);1-2H3. The number of carbonyl (C=O) groups excluding carboxylic acids is 2. The van der Waals surface area contributed by atoms with Crippen LogP contribution in [0.5, 0.6) is 0 Å². The van der Waals surface area contributed by atoms with Crippen LogP contribution in [0.2, 0.25) is 0 Å². The molecule has 0 aromatic rings. The third-order valence-corrected chi connectivity index (χ3v) is 0.983. The van der Waals surface area contributed by atoms with E-state index in [-0.39, 0.29) is 11.7 Å². The van der Waals surface area contributed by atoms with Crippen LogP contribution in [-0.4, -0.2) is 18.7 Å². The van der Waals surface area contributed by atoms with Gasteiger partial charge in [0.25, 0.3) is 0 Å². The molecule has 3 heteroatoms. The van der Waals surface area contributed by atoms with Gasteiger partial charge in [0.05, 0.1) is 0 Å². The van der Waals surface area contributed by atoms with Crippen LogP contribution in [-0.2, 0) is 9.59 Å². The molecule has 0 rings (SSSR count). The van der Waals surface area contributed by atoms with Crippen molar-refractivity contribution in [3.05, 3.63) is 0 Å². The van der Waals surface area contributed by atoms with E-state index in [1.54, 1.807) is 7.05 Å². The van der Waals surface area contributed by atoms with Crippen molar-refractivity contribution >= 4 is 11.7 Å². The largest absolute Gasteiger partial charge is 0.359 e. The molecular formula is C8H17NO2. The van der Waals surface area contributed by atoms with Crippen molar-refractivity contribution in [2.45, 2.75) is 33.6 Å². The highest BCUT2D eigenvalue weighted by atomic mass is 16.1. The van der Waals surface area contributed by atoms with E-state index in [9.17, 15) is 9.59 Å². The molecule has 0 bridgehead atoms. The Morgan fingerprint density at radius 1 is 1.18 bits per heavy atom. The van der Waals surface area contributed by atoms with E-state index in [1.807, 2.05) is 13.8 Å². The van der Waals surface area contributed by atoms with Gasteiger partial charge in [-0.3, -0.25) is 4.79 Å². The summed E-state index contributed by atoms with van der Waals surface area (Å²) in [4.78, 5) is 20.7. The molecule has 11 heavy (non-hydrogen) atoms. The van der Waals surface area contributed by atoms with Crippen LogP contribution in [0, 0.1) is 0 Å². The van der Waals surface area contributed by atoms with E-state index in [4.69, 9.17) is 0 Å². The molecule has 3 nitrogen and oxygen atoms in total. The lowest BCUT2D eigenvalue weighted by molar-refractivity contribution is -0.124. The van der Waals surface area contributed by atoms with Crippen molar-refractivity contribution in [1.82, 2.24) is 5.32 Å². The van der Waals surface area contributed by atoms with Crippen molar-refractivity contribution in [2.24, 2.45) is 0 Å². The van der Waals surface area contributed by atoms with Crippen molar-refractivity contribution < 1.29 is 9.59 Å². The first-order chi connectivity index (χ1) is 5.16. The highest BCUT2D eigenvalue weighted by Crippen LogP contribution is 1.88.